The molecule has 0 aromatic heterocycles. The lowest BCUT2D eigenvalue weighted by atomic mass is 9.85. The largest absolute Gasteiger partial charge is 0.326 e. The number of carbonyl (C=O) groups is 1. The molecule has 0 bridgehead atoms. The zero-order chi connectivity index (χ0) is 14.6. The molecule has 0 spiro atoms. The SMILES string of the molecule is CC1(C)CCCN(C(=O)Nc2cccc(CN)c2)CC1. The van der Waals surface area contributed by atoms with Gasteiger partial charge in [0.05, 0.1) is 0 Å². The van der Waals surface area contributed by atoms with Crippen LogP contribution >= 0.6 is 0 Å². The van der Waals surface area contributed by atoms with E-state index in [4.69, 9.17) is 5.73 Å². The molecule has 0 unspecified atom stereocenters. The monoisotopic (exact) mass is 275 g/mol. The standard InChI is InChI=1S/C16H25N3O/c1-16(2)7-4-9-19(10-8-16)15(20)18-14-6-3-5-13(11-14)12-17/h3,5-6,11H,4,7-10,12,17H2,1-2H3,(H,18,20). The Morgan fingerprint density at radius 2 is 2.15 bits per heavy atom. The molecule has 2 amide bonds. The molecule has 1 aromatic carbocycles. The van der Waals surface area contributed by atoms with Crippen molar-refractivity contribution in [1.82, 2.24) is 4.90 Å². The first-order valence-corrected chi connectivity index (χ1v) is 7.35. The maximum Gasteiger partial charge on any atom is 0.321 e. The van der Waals surface area contributed by atoms with Gasteiger partial charge in [0.15, 0.2) is 0 Å². The normalized spacial score (nSPS) is 18.4. The second kappa shape index (κ2) is 6.27. The van der Waals surface area contributed by atoms with Crippen molar-refractivity contribution in [3.63, 3.8) is 0 Å². The Kier molecular flexibility index (Phi) is 4.65. The highest BCUT2D eigenvalue weighted by molar-refractivity contribution is 5.89. The molecule has 110 valence electrons. The summed E-state index contributed by atoms with van der Waals surface area (Å²) >= 11 is 0. The van der Waals surface area contributed by atoms with E-state index >= 15 is 0 Å². The van der Waals surface area contributed by atoms with Gasteiger partial charge < -0.3 is 16.0 Å². The predicted molar refractivity (Wildman–Crippen MR) is 82.6 cm³/mol. The van der Waals surface area contributed by atoms with Crippen LogP contribution in [0.5, 0.6) is 0 Å². The van der Waals surface area contributed by atoms with E-state index in [1.807, 2.05) is 29.2 Å². The number of rotatable bonds is 2. The average molecular weight is 275 g/mol. The van der Waals surface area contributed by atoms with Gasteiger partial charge in [-0.3, -0.25) is 0 Å². The maximum absolute atomic E-state index is 12.3. The van der Waals surface area contributed by atoms with Crippen LogP contribution in [0.2, 0.25) is 0 Å². The van der Waals surface area contributed by atoms with Gasteiger partial charge in [-0.1, -0.05) is 26.0 Å². The topological polar surface area (TPSA) is 58.4 Å². The molecule has 0 radical (unpaired) electrons. The minimum atomic E-state index is -0.00290. The predicted octanol–water partition coefficient (Wildman–Crippen LogP) is 3.19. The second-order valence-electron chi connectivity index (χ2n) is 6.34. The molecule has 4 heteroatoms. The summed E-state index contributed by atoms with van der Waals surface area (Å²) in [6, 6.07) is 7.71. The lowest BCUT2D eigenvalue weighted by Crippen LogP contribution is -2.36. The van der Waals surface area contributed by atoms with Gasteiger partial charge in [-0.05, 0) is 42.4 Å². The van der Waals surface area contributed by atoms with E-state index in [2.05, 4.69) is 19.2 Å². The van der Waals surface area contributed by atoms with Gasteiger partial charge in [0, 0.05) is 25.3 Å². The van der Waals surface area contributed by atoms with Crippen LogP contribution in [0.15, 0.2) is 24.3 Å². The van der Waals surface area contributed by atoms with Crippen LogP contribution in [0.25, 0.3) is 0 Å². The Morgan fingerprint density at radius 3 is 2.90 bits per heavy atom. The fraction of sp³-hybridized carbons (Fsp3) is 0.562. The quantitative estimate of drug-likeness (QED) is 0.871. The average Bonchev–Trinajstić information content (AvgIpc) is 2.60. The van der Waals surface area contributed by atoms with Gasteiger partial charge in [0.1, 0.15) is 0 Å². The maximum atomic E-state index is 12.3. The fourth-order valence-corrected chi connectivity index (χ4v) is 2.60. The van der Waals surface area contributed by atoms with Gasteiger partial charge >= 0.3 is 6.03 Å². The smallest absolute Gasteiger partial charge is 0.321 e. The Bertz CT molecular complexity index is 471. The number of nitrogens with two attached hydrogens (primary N) is 1. The zero-order valence-electron chi connectivity index (χ0n) is 12.5. The summed E-state index contributed by atoms with van der Waals surface area (Å²) in [5.41, 5.74) is 7.81. The van der Waals surface area contributed by atoms with Crippen molar-refractivity contribution >= 4 is 11.7 Å². The number of urea groups is 1. The zero-order valence-corrected chi connectivity index (χ0v) is 12.5. The third kappa shape index (κ3) is 3.97. The summed E-state index contributed by atoms with van der Waals surface area (Å²) in [5.74, 6) is 0. The van der Waals surface area contributed by atoms with Crippen molar-refractivity contribution in [3.05, 3.63) is 29.8 Å². The Balaban J connectivity index is 1.97. The molecule has 1 aliphatic rings. The number of nitrogens with zero attached hydrogens (tertiary/aromatic N) is 1. The van der Waals surface area contributed by atoms with Crippen molar-refractivity contribution in [3.8, 4) is 0 Å². The fourth-order valence-electron chi connectivity index (χ4n) is 2.60. The molecule has 1 fully saturated rings. The number of likely N-dealkylation sites (tertiary alicyclic amines) is 1. The second-order valence-corrected chi connectivity index (χ2v) is 6.34. The highest BCUT2D eigenvalue weighted by atomic mass is 16.2. The summed E-state index contributed by atoms with van der Waals surface area (Å²) in [7, 11) is 0. The Hall–Kier alpha value is -1.55. The molecule has 0 aliphatic carbocycles. The molecule has 0 atom stereocenters. The van der Waals surface area contributed by atoms with Gasteiger partial charge in [-0.25, -0.2) is 4.79 Å². The molecular formula is C16H25N3O. The summed E-state index contributed by atoms with van der Waals surface area (Å²) in [5, 5.41) is 2.97. The van der Waals surface area contributed by atoms with Crippen molar-refractivity contribution in [2.45, 2.75) is 39.7 Å². The number of carbonyl (C=O) groups excluding carboxylic acids is 1. The molecule has 1 heterocycles. The van der Waals surface area contributed by atoms with Crippen molar-refractivity contribution in [2.24, 2.45) is 11.1 Å². The molecule has 4 nitrogen and oxygen atoms in total. The van der Waals surface area contributed by atoms with E-state index in [1.54, 1.807) is 0 Å². The first-order valence-electron chi connectivity index (χ1n) is 7.35. The first kappa shape index (κ1) is 14.9. The van der Waals surface area contributed by atoms with E-state index < -0.39 is 0 Å². The summed E-state index contributed by atoms with van der Waals surface area (Å²) in [6.45, 7) is 6.71. The molecule has 0 saturated carbocycles. The van der Waals surface area contributed by atoms with Crippen LogP contribution in [0.1, 0.15) is 38.7 Å². The highest BCUT2D eigenvalue weighted by Crippen LogP contribution is 2.29. The number of nitrogens with one attached hydrogen (secondary N) is 1. The lowest BCUT2D eigenvalue weighted by molar-refractivity contribution is 0.211. The summed E-state index contributed by atoms with van der Waals surface area (Å²) in [4.78, 5) is 14.2. The van der Waals surface area contributed by atoms with Crippen molar-refractivity contribution in [1.29, 1.82) is 0 Å². The van der Waals surface area contributed by atoms with E-state index in [1.165, 1.54) is 6.42 Å². The van der Waals surface area contributed by atoms with Crippen LogP contribution in [-0.2, 0) is 6.54 Å². The molecule has 1 aliphatic heterocycles. The Morgan fingerprint density at radius 1 is 1.35 bits per heavy atom. The number of hydrogen-bond acceptors (Lipinski definition) is 2. The molecule has 3 N–H and O–H groups in total. The van der Waals surface area contributed by atoms with Crippen LogP contribution in [0, 0.1) is 5.41 Å². The number of anilines is 1. The third-order valence-corrected chi connectivity index (χ3v) is 4.04. The first-order chi connectivity index (χ1) is 9.50. The lowest BCUT2D eigenvalue weighted by Gasteiger charge is -2.23. The van der Waals surface area contributed by atoms with Crippen LogP contribution in [0.4, 0.5) is 10.5 Å². The van der Waals surface area contributed by atoms with Gasteiger partial charge in [-0.2, -0.15) is 0 Å². The van der Waals surface area contributed by atoms with E-state index in [0.717, 1.165) is 37.2 Å². The van der Waals surface area contributed by atoms with Crippen LogP contribution in [0.3, 0.4) is 0 Å². The van der Waals surface area contributed by atoms with E-state index in [9.17, 15) is 4.79 Å². The highest BCUT2D eigenvalue weighted by Gasteiger charge is 2.25. The number of hydrogen-bond donors (Lipinski definition) is 2. The Labute approximate surface area is 121 Å². The molecule has 1 aromatic rings. The van der Waals surface area contributed by atoms with Gasteiger partial charge in [0.2, 0.25) is 0 Å². The molecule has 2 rings (SSSR count). The van der Waals surface area contributed by atoms with E-state index in [-0.39, 0.29) is 6.03 Å². The minimum Gasteiger partial charge on any atom is -0.326 e. The number of benzene rings is 1. The van der Waals surface area contributed by atoms with Crippen molar-refractivity contribution in [2.75, 3.05) is 18.4 Å². The molecular weight excluding hydrogens is 250 g/mol. The minimum absolute atomic E-state index is 0.00290. The van der Waals surface area contributed by atoms with Gasteiger partial charge in [0.25, 0.3) is 0 Å². The third-order valence-electron chi connectivity index (χ3n) is 4.04. The molecule has 20 heavy (non-hydrogen) atoms. The summed E-state index contributed by atoms with van der Waals surface area (Å²) in [6.07, 6.45) is 3.31. The molecule has 1 saturated heterocycles. The van der Waals surface area contributed by atoms with E-state index in [0.29, 0.717) is 12.0 Å². The summed E-state index contributed by atoms with van der Waals surface area (Å²) < 4.78 is 0. The van der Waals surface area contributed by atoms with Gasteiger partial charge in [-0.15, -0.1) is 0 Å². The number of amides is 2. The van der Waals surface area contributed by atoms with Crippen LogP contribution < -0.4 is 11.1 Å². The van der Waals surface area contributed by atoms with Crippen molar-refractivity contribution < 1.29 is 4.79 Å². The van der Waals surface area contributed by atoms with Crippen LogP contribution in [-0.4, -0.2) is 24.0 Å².